The molecule has 12 heavy (non-hydrogen) atoms. The van der Waals surface area contributed by atoms with Crippen LogP contribution in [0.5, 0.6) is 0 Å². The molecule has 0 rings (SSSR count). The van der Waals surface area contributed by atoms with Gasteiger partial charge in [0, 0.05) is 12.6 Å². The summed E-state index contributed by atoms with van der Waals surface area (Å²) in [6.07, 6.45) is 1.10. The van der Waals surface area contributed by atoms with Crippen molar-refractivity contribution in [1.82, 2.24) is 0 Å². The molecule has 0 aliphatic rings. The molecule has 0 unspecified atom stereocenters. The van der Waals surface area contributed by atoms with Gasteiger partial charge in [0.15, 0.2) is 0 Å². The highest BCUT2D eigenvalue weighted by atomic mass is 14.8. The highest BCUT2D eigenvalue weighted by Gasteiger charge is 1.96. The summed E-state index contributed by atoms with van der Waals surface area (Å²) >= 11 is 0. The normalized spacial score (nSPS) is 14.2. The number of hydrogen-bond acceptors (Lipinski definition) is 2. The fourth-order valence-electron chi connectivity index (χ4n) is 0.875. The van der Waals surface area contributed by atoms with Gasteiger partial charge in [0.2, 0.25) is 0 Å². The summed E-state index contributed by atoms with van der Waals surface area (Å²) in [4.78, 5) is 8.80. The molecule has 0 amide bonds. The predicted octanol–water partition coefficient (Wildman–Crippen LogP) is 2.73. The molecule has 0 aliphatic heterocycles. The van der Waals surface area contributed by atoms with Crippen LogP contribution in [0.4, 0.5) is 0 Å². The summed E-state index contributed by atoms with van der Waals surface area (Å²) in [5.41, 5.74) is 2.14. The zero-order valence-electron chi connectivity index (χ0n) is 8.89. The second-order valence-corrected chi connectivity index (χ2v) is 3.28. The molecule has 0 aromatic carbocycles. The molecule has 0 spiro atoms. The van der Waals surface area contributed by atoms with E-state index < -0.39 is 0 Å². The average molecular weight is 168 g/mol. The van der Waals surface area contributed by atoms with Gasteiger partial charge >= 0.3 is 0 Å². The Balaban J connectivity index is 4.17. The lowest BCUT2D eigenvalue weighted by Crippen LogP contribution is -2.09. The Bertz CT molecular complexity index is 178. The smallest absolute Gasteiger partial charge is 0.0527 e. The van der Waals surface area contributed by atoms with E-state index in [1.807, 2.05) is 13.8 Å². The highest BCUT2D eigenvalue weighted by molar-refractivity contribution is 6.40. The molecular formula is C10H20N2. The molecule has 2 heteroatoms. The first-order chi connectivity index (χ1) is 5.57. The van der Waals surface area contributed by atoms with Crippen LogP contribution in [0.25, 0.3) is 0 Å². The Labute approximate surface area is 75.8 Å². The third kappa shape index (κ3) is 5.05. The van der Waals surface area contributed by atoms with Gasteiger partial charge in [0.05, 0.1) is 11.4 Å². The Kier molecular flexibility index (Phi) is 5.60. The number of hydrogen-bond donors (Lipinski definition) is 0. The first kappa shape index (κ1) is 11.3. The summed E-state index contributed by atoms with van der Waals surface area (Å²) in [5, 5.41) is 0. The van der Waals surface area contributed by atoms with Crippen molar-refractivity contribution in [3.63, 3.8) is 0 Å². The van der Waals surface area contributed by atoms with Gasteiger partial charge in [-0.1, -0.05) is 6.92 Å². The topological polar surface area (TPSA) is 24.7 Å². The van der Waals surface area contributed by atoms with Crippen LogP contribution in [0.1, 0.15) is 41.0 Å². The molecule has 0 aromatic rings. The Morgan fingerprint density at radius 3 is 2.17 bits per heavy atom. The molecular weight excluding hydrogens is 148 g/mol. The monoisotopic (exact) mass is 168 g/mol. The van der Waals surface area contributed by atoms with Gasteiger partial charge < -0.3 is 0 Å². The van der Waals surface area contributed by atoms with Crippen molar-refractivity contribution < 1.29 is 0 Å². The van der Waals surface area contributed by atoms with Gasteiger partial charge in [-0.05, 0) is 34.1 Å². The number of rotatable bonds is 4. The maximum absolute atomic E-state index is 4.42. The fraction of sp³-hybridized carbons (Fsp3) is 0.800. The molecule has 0 aromatic heterocycles. The molecule has 0 saturated carbocycles. The zero-order valence-corrected chi connectivity index (χ0v) is 8.89. The largest absolute Gasteiger partial charge is 0.288 e. The van der Waals surface area contributed by atoms with Gasteiger partial charge in [-0.15, -0.1) is 0 Å². The van der Waals surface area contributed by atoms with Gasteiger partial charge in [-0.3, -0.25) is 9.98 Å². The quantitative estimate of drug-likeness (QED) is 0.577. The lowest BCUT2D eigenvalue weighted by molar-refractivity contribution is 0.837. The van der Waals surface area contributed by atoms with Gasteiger partial charge in [-0.2, -0.15) is 0 Å². The van der Waals surface area contributed by atoms with Crippen LogP contribution in [-0.2, 0) is 0 Å². The summed E-state index contributed by atoms with van der Waals surface area (Å²) in [7, 11) is 0. The van der Waals surface area contributed by atoms with Gasteiger partial charge in [0.25, 0.3) is 0 Å². The van der Waals surface area contributed by atoms with Gasteiger partial charge in [-0.25, -0.2) is 0 Å². The van der Waals surface area contributed by atoms with E-state index in [1.165, 1.54) is 0 Å². The van der Waals surface area contributed by atoms with Crippen molar-refractivity contribution in [2.75, 3.05) is 6.54 Å². The minimum Gasteiger partial charge on any atom is -0.288 e. The SMILES string of the molecule is CCCN=C(C)C(C)=NC(C)C. The van der Waals surface area contributed by atoms with E-state index in [0.29, 0.717) is 6.04 Å². The minimum atomic E-state index is 0.372. The van der Waals surface area contributed by atoms with Crippen molar-refractivity contribution in [2.45, 2.75) is 47.1 Å². The summed E-state index contributed by atoms with van der Waals surface area (Å²) in [6, 6.07) is 0.372. The highest BCUT2D eigenvalue weighted by Crippen LogP contribution is 1.92. The second-order valence-electron chi connectivity index (χ2n) is 3.28. The van der Waals surface area contributed by atoms with E-state index in [-0.39, 0.29) is 0 Å². The van der Waals surface area contributed by atoms with Crippen molar-refractivity contribution in [3.8, 4) is 0 Å². The third-order valence-electron chi connectivity index (χ3n) is 1.55. The van der Waals surface area contributed by atoms with Crippen molar-refractivity contribution in [3.05, 3.63) is 0 Å². The van der Waals surface area contributed by atoms with Crippen LogP contribution in [0, 0.1) is 0 Å². The molecule has 0 bridgehead atoms. The molecule has 0 heterocycles. The van der Waals surface area contributed by atoms with Crippen LogP contribution >= 0.6 is 0 Å². The number of nitrogens with zero attached hydrogens (tertiary/aromatic N) is 2. The Morgan fingerprint density at radius 1 is 1.17 bits per heavy atom. The van der Waals surface area contributed by atoms with Crippen LogP contribution in [0.3, 0.4) is 0 Å². The fourth-order valence-corrected chi connectivity index (χ4v) is 0.875. The van der Waals surface area contributed by atoms with E-state index in [2.05, 4.69) is 30.8 Å². The molecule has 0 radical (unpaired) electrons. The van der Waals surface area contributed by atoms with Gasteiger partial charge in [0.1, 0.15) is 0 Å². The first-order valence-corrected chi connectivity index (χ1v) is 4.63. The summed E-state index contributed by atoms with van der Waals surface area (Å²) in [5.74, 6) is 0. The third-order valence-corrected chi connectivity index (χ3v) is 1.55. The Hall–Kier alpha value is -0.660. The lowest BCUT2D eigenvalue weighted by Gasteiger charge is -2.02. The van der Waals surface area contributed by atoms with Crippen molar-refractivity contribution in [1.29, 1.82) is 0 Å². The minimum absolute atomic E-state index is 0.372. The molecule has 0 saturated heterocycles. The molecule has 0 atom stereocenters. The average Bonchev–Trinajstić information content (AvgIpc) is 1.98. The van der Waals surface area contributed by atoms with Crippen LogP contribution in [0.2, 0.25) is 0 Å². The zero-order chi connectivity index (χ0) is 9.56. The molecule has 0 fully saturated rings. The van der Waals surface area contributed by atoms with Crippen LogP contribution in [-0.4, -0.2) is 24.0 Å². The van der Waals surface area contributed by atoms with E-state index in [9.17, 15) is 0 Å². The maximum atomic E-state index is 4.42. The summed E-state index contributed by atoms with van der Waals surface area (Å²) in [6.45, 7) is 11.3. The predicted molar refractivity (Wildman–Crippen MR) is 56.5 cm³/mol. The van der Waals surface area contributed by atoms with E-state index in [4.69, 9.17) is 0 Å². The van der Waals surface area contributed by atoms with Crippen molar-refractivity contribution >= 4 is 11.4 Å². The number of aliphatic imine (C=N–C) groups is 2. The van der Waals surface area contributed by atoms with E-state index in [1.54, 1.807) is 0 Å². The molecule has 0 aliphatic carbocycles. The van der Waals surface area contributed by atoms with Crippen LogP contribution in [0.15, 0.2) is 9.98 Å². The lowest BCUT2D eigenvalue weighted by atomic mass is 10.2. The second kappa shape index (κ2) is 5.92. The van der Waals surface area contributed by atoms with Crippen molar-refractivity contribution in [2.24, 2.45) is 9.98 Å². The standard InChI is InChI=1S/C10H20N2/c1-6-7-11-9(4)10(5)12-8(2)3/h8H,6-7H2,1-5H3. The summed E-state index contributed by atoms with van der Waals surface area (Å²) < 4.78 is 0. The molecule has 2 nitrogen and oxygen atoms in total. The Morgan fingerprint density at radius 2 is 1.75 bits per heavy atom. The van der Waals surface area contributed by atoms with E-state index in [0.717, 1.165) is 24.4 Å². The molecule has 70 valence electrons. The van der Waals surface area contributed by atoms with Crippen LogP contribution < -0.4 is 0 Å². The van der Waals surface area contributed by atoms with E-state index >= 15 is 0 Å². The molecule has 0 N–H and O–H groups in total. The maximum Gasteiger partial charge on any atom is 0.0527 e. The first-order valence-electron chi connectivity index (χ1n) is 4.63.